The van der Waals surface area contributed by atoms with Crippen molar-refractivity contribution in [2.45, 2.75) is 50.9 Å². The van der Waals surface area contributed by atoms with Gasteiger partial charge in [0.2, 0.25) is 0 Å². The summed E-state index contributed by atoms with van der Waals surface area (Å²) in [5.74, 6) is 1.63. The summed E-state index contributed by atoms with van der Waals surface area (Å²) in [6, 6.07) is 8.51. The van der Waals surface area contributed by atoms with Crippen LogP contribution in [-0.2, 0) is 10.2 Å². The molecular weight excluding hydrogens is 326 g/mol. The molecule has 2 saturated heterocycles. The Morgan fingerprint density at radius 2 is 1.77 bits per heavy atom. The minimum absolute atomic E-state index is 0.0134. The summed E-state index contributed by atoms with van der Waals surface area (Å²) >= 11 is 0. The second-order valence-corrected chi connectivity index (χ2v) is 7.43. The van der Waals surface area contributed by atoms with Crippen LogP contribution in [0.25, 0.3) is 0 Å². The summed E-state index contributed by atoms with van der Waals surface area (Å²) in [4.78, 5) is 7.12. The first-order valence-corrected chi connectivity index (χ1v) is 10.1. The van der Waals surface area contributed by atoms with Gasteiger partial charge in [0.15, 0.2) is 5.96 Å². The number of aliphatic imine (C=N–C) groups is 1. The Kier molecular flexibility index (Phi) is 6.78. The molecule has 0 amide bonds. The van der Waals surface area contributed by atoms with Gasteiger partial charge in [-0.25, -0.2) is 0 Å². The van der Waals surface area contributed by atoms with E-state index in [1.807, 2.05) is 6.92 Å². The summed E-state index contributed by atoms with van der Waals surface area (Å²) in [5.41, 5.74) is 7.69. The maximum Gasteiger partial charge on any atom is 0.191 e. The van der Waals surface area contributed by atoms with Crippen LogP contribution in [0.15, 0.2) is 29.3 Å². The van der Waals surface area contributed by atoms with E-state index in [0.717, 1.165) is 51.4 Å². The third kappa shape index (κ3) is 4.70. The molecule has 1 aromatic carbocycles. The summed E-state index contributed by atoms with van der Waals surface area (Å²) in [5, 5.41) is 0. The van der Waals surface area contributed by atoms with Crippen molar-refractivity contribution < 1.29 is 9.47 Å². The normalized spacial score (nSPS) is 21.3. The van der Waals surface area contributed by atoms with Crippen molar-refractivity contribution in [2.75, 3.05) is 39.5 Å². The molecule has 0 atom stereocenters. The highest BCUT2D eigenvalue weighted by atomic mass is 16.5. The van der Waals surface area contributed by atoms with Crippen molar-refractivity contribution in [1.29, 1.82) is 0 Å². The maximum atomic E-state index is 6.36. The molecule has 0 radical (unpaired) electrons. The minimum Gasteiger partial charge on any atom is -0.494 e. The van der Waals surface area contributed by atoms with E-state index in [9.17, 15) is 0 Å². The van der Waals surface area contributed by atoms with E-state index in [0.29, 0.717) is 12.6 Å². The molecule has 1 aromatic rings. The molecule has 26 heavy (non-hydrogen) atoms. The zero-order chi connectivity index (χ0) is 18.2. The van der Waals surface area contributed by atoms with Gasteiger partial charge in [-0.2, -0.15) is 0 Å². The number of ether oxygens (including phenoxy) is 2. The lowest BCUT2D eigenvalue weighted by Gasteiger charge is -2.37. The summed E-state index contributed by atoms with van der Waals surface area (Å²) in [7, 11) is 0. The third-order valence-corrected chi connectivity index (χ3v) is 5.70. The number of guanidine groups is 1. The second kappa shape index (κ2) is 9.26. The van der Waals surface area contributed by atoms with Gasteiger partial charge in [0.25, 0.3) is 0 Å². The van der Waals surface area contributed by atoms with E-state index < -0.39 is 0 Å². The topological polar surface area (TPSA) is 60.1 Å². The van der Waals surface area contributed by atoms with Gasteiger partial charge in [-0.3, -0.25) is 4.99 Å². The average molecular weight is 360 g/mol. The SMILES string of the molecule is CCOc1ccc(C2(CN=C(N)N3CCCCCC3)CCOCC2)cc1. The first kappa shape index (κ1) is 19.0. The van der Waals surface area contributed by atoms with Crippen molar-refractivity contribution >= 4 is 5.96 Å². The van der Waals surface area contributed by atoms with Gasteiger partial charge in [-0.1, -0.05) is 25.0 Å². The minimum atomic E-state index is 0.0134. The first-order chi connectivity index (χ1) is 12.7. The Bertz CT molecular complexity index is 571. The van der Waals surface area contributed by atoms with Crippen LogP contribution in [0.5, 0.6) is 5.75 Å². The van der Waals surface area contributed by atoms with E-state index >= 15 is 0 Å². The Labute approximate surface area is 157 Å². The largest absolute Gasteiger partial charge is 0.494 e. The highest BCUT2D eigenvalue weighted by Gasteiger charge is 2.34. The number of hydrogen-bond acceptors (Lipinski definition) is 3. The molecule has 5 nitrogen and oxygen atoms in total. The van der Waals surface area contributed by atoms with Crippen LogP contribution < -0.4 is 10.5 Å². The third-order valence-electron chi connectivity index (χ3n) is 5.70. The number of hydrogen-bond donors (Lipinski definition) is 1. The lowest BCUT2D eigenvalue weighted by Crippen LogP contribution is -2.41. The van der Waals surface area contributed by atoms with Crippen LogP contribution in [0, 0.1) is 0 Å². The summed E-state index contributed by atoms with van der Waals surface area (Å²) in [6.45, 7) is 7.07. The Morgan fingerprint density at radius 1 is 1.12 bits per heavy atom. The van der Waals surface area contributed by atoms with Gasteiger partial charge in [-0.15, -0.1) is 0 Å². The quantitative estimate of drug-likeness (QED) is 0.647. The molecule has 0 aromatic heterocycles. The van der Waals surface area contributed by atoms with Crippen LogP contribution in [0.4, 0.5) is 0 Å². The Morgan fingerprint density at radius 3 is 2.38 bits per heavy atom. The molecule has 2 aliphatic heterocycles. The molecule has 0 spiro atoms. The molecule has 5 heteroatoms. The molecule has 2 N–H and O–H groups in total. The number of rotatable bonds is 5. The molecule has 0 unspecified atom stereocenters. The predicted molar refractivity (Wildman–Crippen MR) is 106 cm³/mol. The Balaban J connectivity index is 1.75. The van der Waals surface area contributed by atoms with E-state index in [4.69, 9.17) is 20.2 Å². The second-order valence-electron chi connectivity index (χ2n) is 7.43. The van der Waals surface area contributed by atoms with Gasteiger partial charge in [0.05, 0.1) is 13.2 Å². The van der Waals surface area contributed by atoms with Gasteiger partial charge < -0.3 is 20.1 Å². The summed E-state index contributed by atoms with van der Waals surface area (Å²) in [6.07, 6.45) is 7.01. The lowest BCUT2D eigenvalue weighted by molar-refractivity contribution is 0.0530. The number of nitrogens with two attached hydrogens (primary N) is 1. The van der Waals surface area contributed by atoms with Crippen LogP contribution in [0.1, 0.15) is 51.0 Å². The van der Waals surface area contributed by atoms with Crippen molar-refractivity contribution in [3.8, 4) is 5.75 Å². The van der Waals surface area contributed by atoms with Crippen LogP contribution in [0.3, 0.4) is 0 Å². The number of nitrogens with zero attached hydrogens (tertiary/aromatic N) is 2. The van der Waals surface area contributed by atoms with Gasteiger partial charge in [-0.05, 0) is 50.3 Å². The van der Waals surface area contributed by atoms with Crippen molar-refractivity contribution in [1.82, 2.24) is 4.90 Å². The van der Waals surface area contributed by atoms with Gasteiger partial charge in [0.1, 0.15) is 5.75 Å². The Hall–Kier alpha value is -1.75. The monoisotopic (exact) mass is 359 g/mol. The van der Waals surface area contributed by atoms with Crippen molar-refractivity contribution in [3.63, 3.8) is 0 Å². The smallest absolute Gasteiger partial charge is 0.191 e. The molecule has 144 valence electrons. The van der Waals surface area contributed by atoms with Crippen molar-refractivity contribution in [3.05, 3.63) is 29.8 Å². The molecule has 0 bridgehead atoms. The zero-order valence-corrected chi connectivity index (χ0v) is 16.1. The van der Waals surface area contributed by atoms with Crippen molar-refractivity contribution in [2.24, 2.45) is 10.7 Å². The van der Waals surface area contributed by atoms with Gasteiger partial charge >= 0.3 is 0 Å². The number of benzene rings is 1. The van der Waals surface area contributed by atoms with E-state index in [-0.39, 0.29) is 5.41 Å². The molecule has 2 aliphatic rings. The summed E-state index contributed by atoms with van der Waals surface area (Å²) < 4.78 is 11.2. The van der Waals surface area contributed by atoms with Crippen LogP contribution in [-0.4, -0.2) is 50.3 Å². The molecule has 2 fully saturated rings. The molecule has 2 heterocycles. The highest BCUT2D eigenvalue weighted by Crippen LogP contribution is 2.36. The molecular formula is C21H33N3O2. The maximum absolute atomic E-state index is 6.36. The molecule has 0 saturated carbocycles. The van der Waals surface area contributed by atoms with Gasteiger partial charge in [0, 0.05) is 31.7 Å². The average Bonchev–Trinajstić information content (AvgIpc) is 2.97. The zero-order valence-electron chi connectivity index (χ0n) is 16.1. The predicted octanol–water partition coefficient (Wildman–Crippen LogP) is 3.32. The standard InChI is InChI=1S/C21H33N3O2/c1-2-26-19-9-7-18(8-10-19)21(11-15-25-16-12-21)17-23-20(22)24-13-5-3-4-6-14-24/h7-10H,2-6,11-17H2,1H3,(H2,22,23). The number of likely N-dealkylation sites (tertiary alicyclic amines) is 1. The molecule has 3 rings (SSSR count). The van der Waals surface area contributed by atoms with E-state index in [2.05, 4.69) is 29.2 Å². The first-order valence-electron chi connectivity index (χ1n) is 10.1. The van der Waals surface area contributed by atoms with E-state index in [1.165, 1.54) is 31.2 Å². The fraction of sp³-hybridized carbons (Fsp3) is 0.667. The van der Waals surface area contributed by atoms with E-state index in [1.54, 1.807) is 0 Å². The highest BCUT2D eigenvalue weighted by molar-refractivity contribution is 5.78. The molecule has 0 aliphatic carbocycles. The fourth-order valence-electron chi connectivity index (χ4n) is 4.00. The fourth-order valence-corrected chi connectivity index (χ4v) is 4.00. The van der Waals surface area contributed by atoms with Crippen LogP contribution in [0.2, 0.25) is 0 Å². The van der Waals surface area contributed by atoms with Crippen LogP contribution >= 0.6 is 0 Å². The lowest BCUT2D eigenvalue weighted by atomic mass is 9.74.